The minimum absolute atomic E-state index is 0.00126. The van der Waals surface area contributed by atoms with Crippen LogP contribution in [0.5, 0.6) is 0 Å². The van der Waals surface area contributed by atoms with Crippen LogP contribution in [-0.4, -0.2) is 40.9 Å². The van der Waals surface area contributed by atoms with Crippen molar-refractivity contribution in [3.63, 3.8) is 0 Å². The third-order valence-electron chi connectivity index (χ3n) is 6.20. The molecule has 3 aromatic rings. The van der Waals surface area contributed by atoms with E-state index in [-0.39, 0.29) is 24.5 Å². The summed E-state index contributed by atoms with van der Waals surface area (Å²) in [7, 11) is 0. The largest absolute Gasteiger partial charge is 0.467 e. The van der Waals surface area contributed by atoms with E-state index in [0.717, 1.165) is 41.0 Å². The number of amides is 3. The number of carbonyl (C=O) groups excluding carboxylic acids is 2. The van der Waals surface area contributed by atoms with Gasteiger partial charge in [0.2, 0.25) is 5.91 Å². The third-order valence-corrected chi connectivity index (χ3v) is 6.20. The van der Waals surface area contributed by atoms with Gasteiger partial charge in [0.1, 0.15) is 12.3 Å². The van der Waals surface area contributed by atoms with Gasteiger partial charge in [0.15, 0.2) is 0 Å². The molecule has 0 aliphatic rings. The summed E-state index contributed by atoms with van der Waals surface area (Å²) < 4.78 is 5.51. The lowest BCUT2D eigenvalue weighted by Crippen LogP contribution is -2.48. The highest BCUT2D eigenvalue weighted by molar-refractivity contribution is 5.93. The van der Waals surface area contributed by atoms with E-state index in [4.69, 9.17) is 4.42 Å². The number of furan rings is 1. The molecule has 3 amide bonds. The average molecular weight is 462 g/mol. The van der Waals surface area contributed by atoms with Crippen molar-refractivity contribution in [1.82, 2.24) is 9.80 Å². The summed E-state index contributed by atoms with van der Waals surface area (Å²) in [6.45, 7) is 8.83. The Hall–Kier alpha value is -3.54. The maximum atomic E-state index is 13.5. The molecule has 180 valence electrons. The van der Waals surface area contributed by atoms with Gasteiger partial charge in [-0.2, -0.15) is 0 Å². The first-order valence-corrected chi connectivity index (χ1v) is 11.9. The Balaban J connectivity index is 1.76. The number of carbonyl (C=O) groups is 2. The fourth-order valence-corrected chi connectivity index (χ4v) is 3.88. The van der Waals surface area contributed by atoms with Crippen LogP contribution in [0.1, 0.15) is 42.7 Å². The predicted octanol–water partition coefficient (Wildman–Crippen LogP) is 5.80. The molecule has 2 aromatic carbocycles. The lowest BCUT2D eigenvalue weighted by molar-refractivity contribution is -0.133. The van der Waals surface area contributed by atoms with Gasteiger partial charge in [-0.15, -0.1) is 0 Å². The predicted molar refractivity (Wildman–Crippen MR) is 136 cm³/mol. The van der Waals surface area contributed by atoms with Crippen LogP contribution < -0.4 is 5.32 Å². The maximum Gasteiger partial charge on any atom is 0.322 e. The van der Waals surface area contributed by atoms with Crippen LogP contribution in [0.15, 0.2) is 71.3 Å². The molecule has 6 nitrogen and oxygen atoms in total. The summed E-state index contributed by atoms with van der Waals surface area (Å²) in [6.07, 6.45) is 3.08. The monoisotopic (exact) mass is 461 g/mol. The van der Waals surface area contributed by atoms with E-state index in [2.05, 4.69) is 17.4 Å². The van der Waals surface area contributed by atoms with E-state index in [1.165, 1.54) is 0 Å². The highest BCUT2D eigenvalue weighted by atomic mass is 16.3. The van der Waals surface area contributed by atoms with Crippen molar-refractivity contribution < 1.29 is 14.0 Å². The highest BCUT2D eigenvalue weighted by Crippen LogP contribution is 2.21. The zero-order valence-corrected chi connectivity index (χ0v) is 20.6. The number of hydrogen-bond donors (Lipinski definition) is 1. The second-order valence-electron chi connectivity index (χ2n) is 8.71. The van der Waals surface area contributed by atoms with E-state index in [1.54, 1.807) is 16.1 Å². The second kappa shape index (κ2) is 12.1. The van der Waals surface area contributed by atoms with Gasteiger partial charge < -0.3 is 19.5 Å². The molecule has 0 radical (unpaired) electrons. The lowest BCUT2D eigenvalue weighted by atomic mass is 10.1. The summed E-state index contributed by atoms with van der Waals surface area (Å²) in [4.78, 5) is 30.2. The van der Waals surface area contributed by atoms with Crippen LogP contribution in [0.25, 0.3) is 0 Å². The first-order chi connectivity index (χ1) is 16.4. The van der Waals surface area contributed by atoms with Crippen LogP contribution in [0.2, 0.25) is 0 Å². The summed E-state index contributed by atoms with van der Waals surface area (Å²) in [5.74, 6) is 0.612. The molecule has 0 saturated carbocycles. The fourth-order valence-electron chi connectivity index (χ4n) is 3.88. The molecule has 0 bridgehead atoms. The molecule has 6 heteroatoms. The number of aryl methyl sites for hydroxylation is 2. The van der Waals surface area contributed by atoms with E-state index in [9.17, 15) is 9.59 Å². The number of urea groups is 1. The molecule has 3 rings (SSSR count). The van der Waals surface area contributed by atoms with Gasteiger partial charge >= 0.3 is 6.03 Å². The Labute approximate surface area is 202 Å². The molecule has 0 aliphatic carbocycles. The normalized spacial score (nSPS) is 11.6. The third kappa shape index (κ3) is 6.73. The van der Waals surface area contributed by atoms with Crippen molar-refractivity contribution in [2.75, 3.05) is 18.4 Å². The van der Waals surface area contributed by atoms with Crippen molar-refractivity contribution in [1.29, 1.82) is 0 Å². The molecule has 0 aliphatic heterocycles. The zero-order valence-electron chi connectivity index (χ0n) is 20.6. The van der Waals surface area contributed by atoms with Gasteiger partial charge in [-0.1, -0.05) is 55.5 Å². The van der Waals surface area contributed by atoms with Crippen LogP contribution in [0, 0.1) is 13.8 Å². The van der Waals surface area contributed by atoms with Crippen LogP contribution in [0.3, 0.4) is 0 Å². The number of rotatable bonds is 10. The number of nitrogens with zero attached hydrogens (tertiary/aromatic N) is 2. The van der Waals surface area contributed by atoms with Crippen LogP contribution in [-0.2, 0) is 17.8 Å². The Morgan fingerprint density at radius 3 is 2.29 bits per heavy atom. The quantitative estimate of drug-likeness (QED) is 0.415. The van der Waals surface area contributed by atoms with Crippen molar-refractivity contribution in [2.45, 2.75) is 53.1 Å². The first kappa shape index (κ1) is 25.1. The van der Waals surface area contributed by atoms with Gasteiger partial charge in [-0.3, -0.25) is 4.79 Å². The number of nitrogens with one attached hydrogen (secondary N) is 1. The molecule has 0 spiro atoms. The first-order valence-electron chi connectivity index (χ1n) is 11.9. The molecule has 1 unspecified atom stereocenters. The van der Waals surface area contributed by atoms with Crippen molar-refractivity contribution >= 4 is 17.6 Å². The van der Waals surface area contributed by atoms with Crippen molar-refractivity contribution in [3.8, 4) is 0 Å². The topological polar surface area (TPSA) is 65.8 Å². The van der Waals surface area contributed by atoms with Crippen molar-refractivity contribution in [2.24, 2.45) is 0 Å². The molecule has 1 N–H and O–H groups in total. The van der Waals surface area contributed by atoms with Crippen LogP contribution in [0.4, 0.5) is 10.5 Å². The molecule has 1 atom stereocenters. The highest BCUT2D eigenvalue weighted by Gasteiger charge is 2.26. The van der Waals surface area contributed by atoms with E-state index >= 15 is 0 Å². The van der Waals surface area contributed by atoms with Gasteiger partial charge in [0.25, 0.3) is 0 Å². The minimum Gasteiger partial charge on any atom is -0.467 e. The van der Waals surface area contributed by atoms with Gasteiger partial charge in [0, 0.05) is 18.3 Å². The number of benzene rings is 2. The standard InChI is InChI=1S/C28H35N3O3/c1-5-23(4)31(28(33)29-27-21(2)11-9-12-22(27)3)20-26(32)30(19-25-15-10-18-34-25)17-16-24-13-7-6-8-14-24/h6-15,18,23H,5,16-17,19-20H2,1-4H3,(H,29,33). The zero-order chi connectivity index (χ0) is 24.5. The van der Waals surface area contributed by atoms with E-state index in [0.29, 0.717) is 13.1 Å². The molecule has 34 heavy (non-hydrogen) atoms. The Morgan fingerprint density at radius 2 is 1.68 bits per heavy atom. The smallest absolute Gasteiger partial charge is 0.322 e. The van der Waals surface area contributed by atoms with Gasteiger partial charge in [-0.05, 0) is 62.4 Å². The summed E-state index contributed by atoms with van der Waals surface area (Å²) in [5, 5.41) is 3.04. The van der Waals surface area contributed by atoms with E-state index < -0.39 is 0 Å². The molecule has 0 saturated heterocycles. The summed E-state index contributed by atoms with van der Waals surface area (Å²) >= 11 is 0. The fraction of sp³-hybridized carbons (Fsp3) is 0.357. The SMILES string of the molecule is CCC(C)N(CC(=O)N(CCc1ccccc1)Cc1ccco1)C(=O)Nc1c(C)cccc1C. The van der Waals surface area contributed by atoms with Crippen molar-refractivity contribution in [3.05, 3.63) is 89.4 Å². The van der Waals surface area contributed by atoms with Gasteiger partial charge in [0.05, 0.1) is 12.8 Å². The molecule has 0 fully saturated rings. The van der Waals surface area contributed by atoms with Gasteiger partial charge in [-0.25, -0.2) is 4.79 Å². The molecular weight excluding hydrogens is 426 g/mol. The minimum atomic E-state index is -0.263. The lowest BCUT2D eigenvalue weighted by Gasteiger charge is -2.31. The molecule has 1 heterocycles. The Bertz CT molecular complexity index is 1040. The summed E-state index contributed by atoms with van der Waals surface area (Å²) in [5.41, 5.74) is 3.94. The summed E-state index contributed by atoms with van der Waals surface area (Å²) in [6, 6.07) is 19.3. The molecule has 1 aromatic heterocycles. The van der Waals surface area contributed by atoms with E-state index in [1.807, 2.05) is 76.2 Å². The number of anilines is 1. The average Bonchev–Trinajstić information content (AvgIpc) is 3.35. The number of para-hydroxylation sites is 1. The molecular formula is C28H35N3O3. The maximum absolute atomic E-state index is 13.5. The van der Waals surface area contributed by atoms with Crippen LogP contribution >= 0.6 is 0 Å². The second-order valence-corrected chi connectivity index (χ2v) is 8.71. The number of hydrogen-bond acceptors (Lipinski definition) is 3. The Kier molecular flexibility index (Phi) is 8.91. The Morgan fingerprint density at radius 1 is 0.971 bits per heavy atom.